The first kappa shape index (κ1) is 19.5. The minimum absolute atomic E-state index is 0.162. The zero-order valence-electron chi connectivity index (χ0n) is 16.4. The van der Waals surface area contributed by atoms with E-state index in [1.165, 1.54) is 0 Å². The number of sulfonamides is 1. The van der Waals surface area contributed by atoms with Gasteiger partial charge in [-0.1, -0.05) is 53.6 Å². The largest absolute Gasteiger partial charge is 0.454 e. The fourth-order valence-electron chi connectivity index (χ4n) is 3.35. The molecule has 0 saturated carbocycles. The molecule has 0 aromatic heterocycles. The maximum Gasteiger partial charge on any atom is 0.240 e. The van der Waals surface area contributed by atoms with Crippen LogP contribution in [0.2, 0.25) is 0 Å². The average Bonchev–Trinajstić information content (AvgIpc) is 3.18. The van der Waals surface area contributed by atoms with Crippen LogP contribution in [0.5, 0.6) is 11.5 Å². The van der Waals surface area contributed by atoms with Crippen LogP contribution in [0.4, 0.5) is 0 Å². The molecule has 3 aromatic rings. The first-order valence-electron chi connectivity index (χ1n) is 9.45. The molecule has 1 unspecified atom stereocenters. The zero-order chi connectivity index (χ0) is 20.4. The molecule has 1 N–H and O–H groups in total. The van der Waals surface area contributed by atoms with Gasteiger partial charge in [-0.05, 0) is 49.2 Å². The van der Waals surface area contributed by atoms with Crippen LogP contribution in [0, 0.1) is 13.8 Å². The highest BCUT2D eigenvalue weighted by Gasteiger charge is 2.22. The molecule has 150 valence electrons. The lowest BCUT2D eigenvalue weighted by Gasteiger charge is -2.19. The molecule has 1 aliphatic rings. The van der Waals surface area contributed by atoms with Gasteiger partial charge in [0.1, 0.15) is 0 Å². The van der Waals surface area contributed by atoms with Crippen molar-refractivity contribution in [3.8, 4) is 11.5 Å². The van der Waals surface area contributed by atoms with Gasteiger partial charge in [-0.3, -0.25) is 0 Å². The Morgan fingerprint density at radius 1 is 0.828 bits per heavy atom. The second-order valence-corrected chi connectivity index (χ2v) is 9.01. The van der Waals surface area contributed by atoms with E-state index in [-0.39, 0.29) is 24.2 Å². The molecule has 1 atom stereocenters. The van der Waals surface area contributed by atoms with Crippen molar-refractivity contribution in [3.63, 3.8) is 0 Å². The van der Waals surface area contributed by atoms with Gasteiger partial charge in [0, 0.05) is 12.5 Å². The predicted molar refractivity (Wildman–Crippen MR) is 112 cm³/mol. The Bertz CT molecular complexity index is 1110. The number of aryl methyl sites for hydroxylation is 2. The minimum Gasteiger partial charge on any atom is -0.454 e. The van der Waals surface area contributed by atoms with E-state index >= 15 is 0 Å². The van der Waals surface area contributed by atoms with Crippen molar-refractivity contribution >= 4 is 10.0 Å². The van der Waals surface area contributed by atoms with Gasteiger partial charge in [-0.15, -0.1) is 0 Å². The summed E-state index contributed by atoms with van der Waals surface area (Å²) in [6.45, 7) is 4.39. The van der Waals surface area contributed by atoms with E-state index in [0.717, 1.165) is 22.3 Å². The maximum atomic E-state index is 12.8. The van der Waals surface area contributed by atoms with Gasteiger partial charge in [0.25, 0.3) is 0 Å². The van der Waals surface area contributed by atoms with Crippen molar-refractivity contribution < 1.29 is 17.9 Å². The molecule has 0 spiro atoms. The first-order valence-corrected chi connectivity index (χ1v) is 10.9. The van der Waals surface area contributed by atoms with E-state index in [1.807, 2.05) is 56.3 Å². The van der Waals surface area contributed by atoms with E-state index < -0.39 is 10.0 Å². The number of rotatable bonds is 6. The monoisotopic (exact) mass is 409 g/mol. The third kappa shape index (κ3) is 4.28. The minimum atomic E-state index is -3.61. The standard InChI is InChI=1S/C23H23NO4S/c1-16-3-7-18(8-4-16)21(19-9-12-22-23(13-19)28-15-27-22)14-24-29(25,26)20-10-5-17(2)6-11-20/h3-13,21,24H,14-15H2,1-2H3. The lowest BCUT2D eigenvalue weighted by Crippen LogP contribution is -2.29. The number of hydrogen-bond donors (Lipinski definition) is 1. The Balaban J connectivity index is 1.64. The lowest BCUT2D eigenvalue weighted by molar-refractivity contribution is 0.174. The van der Waals surface area contributed by atoms with Crippen LogP contribution in [-0.2, 0) is 10.0 Å². The maximum absolute atomic E-state index is 12.8. The topological polar surface area (TPSA) is 64.6 Å². The van der Waals surface area contributed by atoms with Gasteiger partial charge in [0.15, 0.2) is 11.5 Å². The Morgan fingerprint density at radius 3 is 2.10 bits per heavy atom. The number of ether oxygens (including phenoxy) is 2. The molecule has 3 aromatic carbocycles. The van der Waals surface area contributed by atoms with E-state index in [2.05, 4.69) is 4.72 Å². The summed E-state index contributed by atoms with van der Waals surface area (Å²) in [7, 11) is -3.61. The van der Waals surface area contributed by atoms with Crippen molar-refractivity contribution in [3.05, 3.63) is 89.0 Å². The number of benzene rings is 3. The van der Waals surface area contributed by atoms with Crippen molar-refractivity contribution in [2.24, 2.45) is 0 Å². The van der Waals surface area contributed by atoms with Crippen LogP contribution in [0.25, 0.3) is 0 Å². The van der Waals surface area contributed by atoms with Crippen LogP contribution in [-0.4, -0.2) is 21.8 Å². The van der Waals surface area contributed by atoms with Crippen LogP contribution >= 0.6 is 0 Å². The van der Waals surface area contributed by atoms with Crippen LogP contribution in [0.1, 0.15) is 28.2 Å². The summed E-state index contributed by atoms with van der Waals surface area (Å²) < 4.78 is 39.3. The predicted octanol–water partition coefficient (Wildman–Crippen LogP) is 4.14. The summed E-state index contributed by atoms with van der Waals surface area (Å²) in [6.07, 6.45) is 0. The van der Waals surface area contributed by atoms with Crippen molar-refractivity contribution in [1.82, 2.24) is 4.72 Å². The average molecular weight is 410 g/mol. The third-order valence-corrected chi connectivity index (χ3v) is 6.53. The van der Waals surface area contributed by atoms with E-state index in [1.54, 1.807) is 24.3 Å². The Kier molecular flexibility index (Phi) is 5.30. The zero-order valence-corrected chi connectivity index (χ0v) is 17.2. The molecule has 0 amide bonds. The quantitative estimate of drug-likeness (QED) is 0.665. The second-order valence-electron chi connectivity index (χ2n) is 7.24. The van der Waals surface area contributed by atoms with Crippen molar-refractivity contribution in [2.45, 2.75) is 24.7 Å². The van der Waals surface area contributed by atoms with Crippen LogP contribution in [0.3, 0.4) is 0 Å². The molecule has 0 fully saturated rings. The Labute approximate surface area is 171 Å². The molecule has 4 rings (SSSR count). The van der Waals surface area contributed by atoms with Gasteiger partial charge in [0.2, 0.25) is 16.8 Å². The summed E-state index contributed by atoms with van der Waals surface area (Å²) in [4.78, 5) is 0.261. The molecule has 0 saturated heterocycles. The third-order valence-electron chi connectivity index (χ3n) is 5.09. The molecule has 0 radical (unpaired) electrons. The molecule has 5 nitrogen and oxygen atoms in total. The van der Waals surface area contributed by atoms with Gasteiger partial charge in [-0.2, -0.15) is 0 Å². The molecule has 1 aliphatic heterocycles. The highest BCUT2D eigenvalue weighted by molar-refractivity contribution is 7.89. The Morgan fingerprint density at radius 2 is 1.41 bits per heavy atom. The van der Waals surface area contributed by atoms with Gasteiger partial charge in [-0.25, -0.2) is 13.1 Å². The molecule has 0 aliphatic carbocycles. The first-order chi connectivity index (χ1) is 13.9. The van der Waals surface area contributed by atoms with Gasteiger partial charge in [0.05, 0.1) is 4.90 Å². The number of fused-ring (bicyclic) bond motifs is 1. The summed E-state index contributed by atoms with van der Waals surface area (Å²) in [5.41, 5.74) is 4.16. The second kappa shape index (κ2) is 7.89. The molecule has 6 heteroatoms. The normalized spacial score (nSPS) is 14.0. The van der Waals surface area contributed by atoms with E-state index in [0.29, 0.717) is 11.5 Å². The molecular formula is C23H23NO4S. The van der Waals surface area contributed by atoms with Gasteiger partial charge < -0.3 is 9.47 Å². The Hall–Kier alpha value is -2.83. The van der Waals surface area contributed by atoms with E-state index in [9.17, 15) is 8.42 Å². The highest BCUT2D eigenvalue weighted by Crippen LogP contribution is 2.36. The smallest absolute Gasteiger partial charge is 0.240 e. The summed E-state index contributed by atoms with van der Waals surface area (Å²) in [5, 5.41) is 0. The van der Waals surface area contributed by atoms with Crippen LogP contribution in [0.15, 0.2) is 71.6 Å². The lowest BCUT2D eigenvalue weighted by atomic mass is 9.90. The summed E-state index contributed by atoms with van der Waals surface area (Å²) in [5.74, 6) is 1.22. The number of nitrogens with one attached hydrogen (secondary N) is 1. The molecule has 29 heavy (non-hydrogen) atoms. The summed E-state index contributed by atoms with van der Waals surface area (Å²) in [6, 6.07) is 20.7. The highest BCUT2D eigenvalue weighted by atomic mass is 32.2. The molecular weight excluding hydrogens is 386 g/mol. The fraction of sp³-hybridized carbons (Fsp3) is 0.217. The van der Waals surface area contributed by atoms with E-state index in [4.69, 9.17) is 9.47 Å². The number of hydrogen-bond acceptors (Lipinski definition) is 4. The fourth-order valence-corrected chi connectivity index (χ4v) is 4.40. The SMILES string of the molecule is Cc1ccc(C(CNS(=O)(=O)c2ccc(C)cc2)c2ccc3c(c2)OCO3)cc1. The molecule has 1 heterocycles. The molecule has 0 bridgehead atoms. The van der Waals surface area contributed by atoms with Crippen molar-refractivity contribution in [1.29, 1.82) is 0 Å². The van der Waals surface area contributed by atoms with Crippen LogP contribution < -0.4 is 14.2 Å². The van der Waals surface area contributed by atoms with Crippen molar-refractivity contribution in [2.75, 3.05) is 13.3 Å². The summed E-state index contributed by atoms with van der Waals surface area (Å²) >= 11 is 0. The van der Waals surface area contributed by atoms with Gasteiger partial charge >= 0.3 is 0 Å².